The fourth-order valence-corrected chi connectivity index (χ4v) is 2.82. The Labute approximate surface area is 121 Å². The normalized spacial score (nSPS) is 12.3. The number of aliphatic hydroxyl groups excluding tert-OH is 1. The van der Waals surface area contributed by atoms with Crippen molar-refractivity contribution in [1.29, 1.82) is 0 Å². The zero-order valence-electron chi connectivity index (χ0n) is 12.8. The van der Waals surface area contributed by atoms with Crippen LogP contribution in [-0.2, 0) is 0 Å². The summed E-state index contributed by atoms with van der Waals surface area (Å²) >= 11 is 0. The minimum absolute atomic E-state index is 0.600. The van der Waals surface area contributed by atoms with E-state index >= 15 is 0 Å². The van der Waals surface area contributed by atoms with Crippen LogP contribution in [0.2, 0.25) is 0 Å². The highest BCUT2D eigenvalue weighted by Crippen LogP contribution is 2.30. The lowest BCUT2D eigenvalue weighted by Crippen LogP contribution is -2.03. The molecule has 2 heteroatoms. The van der Waals surface area contributed by atoms with Crippen LogP contribution in [0.15, 0.2) is 30.3 Å². The van der Waals surface area contributed by atoms with Crippen LogP contribution in [0.4, 0.5) is 0 Å². The van der Waals surface area contributed by atoms with Crippen LogP contribution in [0.5, 0.6) is 5.75 Å². The summed E-state index contributed by atoms with van der Waals surface area (Å²) < 4.78 is 5.37. The average Bonchev–Trinajstić information content (AvgIpc) is 2.36. The van der Waals surface area contributed by atoms with Gasteiger partial charge >= 0.3 is 0 Å². The molecule has 0 spiro atoms. The van der Waals surface area contributed by atoms with E-state index in [0.717, 1.165) is 28.0 Å². The maximum Gasteiger partial charge on any atom is 0.124 e. The fourth-order valence-electron chi connectivity index (χ4n) is 2.82. The molecule has 0 aliphatic heterocycles. The third kappa shape index (κ3) is 2.86. The van der Waals surface area contributed by atoms with Gasteiger partial charge in [0.2, 0.25) is 0 Å². The van der Waals surface area contributed by atoms with Gasteiger partial charge in [0.25, 0.3) is 0 Å². The first kappa shape index (κ1) is 14.6. The van der Waals surface area contributed by atoms with Gasteiger partial charge in [-0.3, -0.25) is 0 Å². The van der Waals surface area contributed by atoms with Crippen molar-refractivity contribution in [3.63, 3.8) is 0 Å². The second-order valence-electron chi connectivity index (χ2n) is 5.51. The predicted molar refractivity (Wildman–Crippen MR) is 82.4 cm³/mol. The maximum atomic E-state index is 10.6. The largest absolute Gasteiger partial charge is 0.496 e. The Bertz CT molecular complexity index is 586. The van der Waals surface area contributed by atoms with Crippen LogP contribution in [-0.4, -0.2) is 12.2 Å². The SMILES string of the molecule is COc1c(C)cc(C(O)c2cc(C)cc(C)c2)cc1C. The first-order chi connectivity index (χ1) is 9.42. The molecule has 0 heterocycles. The Balaban J connectivity index is 2.45. The maximum absolute atomic E-state index is 10.6. The first-order valence-corrected chi connectivity index (χ1v) is 6.83. The molecule has 106 valence electrons. The number of ether oxygens (including phenoxy) is 1. The van der Waals surface area contributed by atoms with Crippen LogP contribution in [0.3, 0.4) is 0 Å². The highest BCUT2D eigenvalue weighted by molar-refractivity contribution is 5.46. The van der Waals surface area contributed by atoms with E-state index in [9.17, 15) is 5.11 Å². The standard InChI is InChI=1S/C18H22O2/c1-11-6-12(2)8-15(7-11)17(19)16-9-13(3)18(20-5)14(4)10-16/h6-10,17,19H,1-5H3. The molecule has 0 aliphatic rings. The Morgan fingerprint density at radius 3 is 1.70 bits per heavy atom. The van der Waals surface area contributed by atoms with Crippen molar-refractivity contribution in [2.24, 2.45) is 0 Å². The summed E-state index contributed by atoms with van der Waals surface area (Å²) in [5.41, 5.74) is 6.27. The van der Waals surface area contributed by atoms with Crippen molar-refractivity contribution in [3.8, 4) is 5.75 Å². The summed E-state index contributed by atoms with van der Waals surface area (Å²) in [5.74, 6) is 0.890. The van der Waals surface area contributed by atoms with Crippen molar-refractivity contribution in [3.05, 3.63) is 63.7 Å². The van der Waals surface area contributed by atoms with E-state index < -0.39 is 6.10 Å². The van der Waals surface area contributed by atoms with Crippen molar-refractivity contribution in [2.45, 2.75) is 33.8 Å². The summed E-state index contributed by atoms with van der Waals surface area (Å²) in [7, 11) is 1.68. The highest BCUT2D eigenvalue weighted by atomic mass is 16.5. The highest BCUT2D eigenvalue weighted by Gasteiger charge is 2.14. The summed E-state index contributed by atoms with van der Waals surface area (Å²) in [6.07, 6.45) is -0.600. The van der Waals surface area contributed by atoms with E-state index in [-0.39, 0.29) is 0 Å². The van der Waals surface area contributed by atoms with Crippen LogP contribution < -0.4 is 4.74 Å². The third-order valence-corrected chi connectivity index (χ3v) is 3.56. The van der Waals surface area contributed by atoms with Gasteiger partial charge < -0.3 is 9.84 Å². The molecule has 0 aromatic heterocycles. The Hall–Kier alpha value is -1.80. The van der Waals surface area contributed by atoms with Crippen LogP contribution in [0.1, 0.15) is 39.5 Å². The quantitative estimate of drug-likeness (QED) is 0.913. The monoisotopic (exact) mass is 270 g/mol. The van der Waals surface area contributed by atoms with Crippen LogP contribution >= 0.6 is 0 Å². The molecular weight excluding hydrogens is 248 g/mol. The zero-order chi connectivity index (χ0) is 14.9. The Kier molecular flexibility index (Phi) is 4.15. The van der Waals surface area contributed by atoms with Crippen LogP contribution in [0, 0.1) is 27.7 Å². The molecule has 2 aromatic rings. The van der Waals surface area contributed by atoms with Gasteiger partial charge in [-0.25, -0.2) is 0 Å². The van der Waals surface area contributed by atoms with Gasteiger partial charge in [-0.2, -0.15) is 0 Å². The number of benzene rings is 2. The van der Waals surface area contributed by atoms with E-state index in [2.05, 4.69) is 6.07 Å². The number of methoxy groups -OCH3 is 1. The van der Waals surface area contributed by atoms with Gasteiger partial charge in [0.1, 0.15) is 11.9 Å². The van der Waals surface area contributed by atoms with Crippen LogP contribution in [0.25, 0.3) is 0 Å². The summed E-state index contributed by atoms with van der Waals surface area (Å²) in [6, 6.07) is 10.2. The summed E-state index contributed by atoms with van der Waals surface area (Å²) in [4.78, 5) is 0. The Morgan fingerprint density at radius 2 is 1.25 bits per heavy atom. The molecule has 2 aromatic carbocycles. The molecule has 0 saturated heterocycles. The van der Waals surface area contributed by atoms with E-state index in [4.69, 9.17) is 4.74 Å². The molecule has 20 heavy (non-hydrogen) atoms. The zero-order valence-corrected chi connectivity index (χ0v) is 12.8. The molecule has 1 unspecified atom stereocenters. The third-order valence-electron chi connectivity index (χ3n) is 3.56. The molecule has 2 rings (SSSR count). The van der Waals surface area contributed by atoms with E-state index in [1.165, 1.54) is 11.1 Å². The predicted octanol–water partition coefficient (Wildman–Crippen LogP) is 4.01. The van der Waals surface area contributed by atoms with Crippen molar-refractivity contribution in [2.75, 3.05) is 7.11 Å². The second-order valence-corrected chi connectivity index (χ2v) is 5.51. The van der Waals surface area contributed by atoms with Crippen molar-refractivity contribution in [1.82, 2.24) is 0 Å². The molecular formula is C18H22O2. The lowest BCUT2D eigenvalue weighted by Gasteiger charge is -2.17. The second kappa shape index (κ2) is 5.68. The molecule has 1 atom stereocenters. The number of aryl methyl sites for hydroxylation is 4. The smallest absolute Gasteiger partial charge is 0.124 e. The lowest BCUT2D eigenvalue weighted by molar-refractivity contribution is 0.220. The molecule has 2 nitrogen and oxygen atoms in total. The molecule has 0 saturated carbocycles. The minimum atomic E-state index is -0.600. The number of rotatable bonds is 3. The Morgan fingerprint density at radius 1 is 0.800 bits per heavy atom. The minimum Gasteiger partial charge on any atom is -0.496 e. The fraction of sp³-hybridized carbons (Fsp3) is 0.333. The molecule has 0 fully saturated rings. The van der Waals surface area contributed by atoms with Gasteiger partial charge in [0.05, 0.1) is 7.11 Å². The van der Waals surface area contributed by atoms with E-state index in [1.54, 1.807) is 7.11 Å². The summed E-state index contributed by atoms with van der Waals surface area (Å²) in [5, 5.41) is 10.6. The number of hydrogen-bond acceptors (Lipinski definition) is 2. The lowest BCUT2D eigenvalue weighted by atomic mass is 9.95. The molecule has 0 bridgehead atoms. The van der Waals surface area contributed by atoms with E-state index in [1.807, 2.05) is 52.0 Å². The van der Waals surface area contributed by atoms with Gasteiger partial charge in [-0.15, -0.1) is 0 Å². The average molecular weight is 270 g/mol. The van der Waals surface area contributed by atoms with Crippen molar-refractivity contribution < 1.29 is 9.84 Å². The molecule has 0 amide bonds. The topological polar surface area (TPSA) is 29.5 Å². The van der Waals surface area contributed by atoms with Gasteiger partial charge in [-0.05, 0) is 62.1 Å². The van der Waals surface area contributed by atoms with Crippen molar-refractivity contribution >= 4 is 0 Å². The van der Waals surface area contributed by atoms with E-state index in [0.29, 0.717) is 0 Å². The number of aliphatic hydroxyl groups is 1. The van der Waals surface area contributed by atoms with Gasteiger partial charge in [-0.1, -0.05) is 29.3 Å². The summed E-state index contributed by atoms with van der Waals surface area (Å²) in [6.45, 7) is 8.11. The van der Waals surface area contributed by atoms with Gasteiger partial charge in [0.15, 0.2) is 0 Å². The number of hydrogen-bond donors (Lipinski definition) is 1. The molecule has 1 N–H and O–H groups in total. The van der Waals surface area contributed by atoms with Gasteiger partial charge in [0, 0.05) is 0 Å². The molecule has 0 aliphatic carbocycles. The molecule has 0 radical (unpaired) electrons. The first-order valence-electron chi connectivity index (χ1n) is 6.83.